The molecule has 3 rings (SSSR count). The third-order valence-electron chi connectivity index (χ3n) is 3.04. The van der Waals surface area contributed by atoms with Gasteiger partial charge in [0.25, 0.3) is 0 Å². The van der Waals surface area contributed by atoms with Gasteiger partial charge in [0.2, 0.25) is 0 Å². The second-order valence-corrected chi connectivity index (χ2v) is 4.38. The van der Waals surface area contributed by atoms with Crippen molar-refractivity contribution in [3.63, 3.8) is 0 Å². The van der Waals surface area contributed by atoms with Crippen molar-refractivity contribution in [2.75, 3.05) is 5.73 Å². The lowest BCUT2D eigenvalue weighted by atomic mass is 10.1. The molecular weight excluding hydrogens is 267 g/mol. The first-order valence-corrected chi connectivity index (χ1v) is 5.86. The highest BCUT2D eigenvalue weighted by Crippen LogP contribution is 2.34. The molecule has 0 aliphatic carbocycles. The number of nitrogen functional groups attached to an aromatic ring is 1. The van der Waals surface area contributed by atoms with E-state index in [1.807, 2.05) is 0 Å². The summed E-state index contributed by atoms with van der Waals surface area (Å²) in [6.07, 6.45) is -3.05. The van der Waals surface area contributed by atoms with Crippen molar-refractivity contribution < 1.29 is 13.2 Å². The molecule has 0 saturated heterocycles. The normalized spacial score (nSPS) is 11.9. The number of aromatic nitrogens is 2. The number of hydrogen-bond donors (Lipinski definition) is 1. The summed E-state index contributed by atoms with van der Waals surface area (Å²) in [7, 11) is 0. The number of nitrogens with two attached hydrogens (primary N) is 1. The Labute approximate surface area is 112 Å². The SMILES string of the molecule is Nc1ccc2c(c1)ncn2-c1ccccc1C(F)(F)F. The number of nitrogens with zero attached hydrogens (tertiary/aromatic N) is 2. The molecular formula is C14H10F3N3. The van der Waals surface area contributed by atoms with Crippen molar-refractivity contribution in [2.45, 2.75) is 6.18 Å². The van der Waals surface area contributed by atoms with Gasteiger partial charge < -0.3 is 5.73 Å². The lowest BCUT2D eigenvalue weighted by Crippen LogP contribution is -2.10. The topological polar surface area (TPSA) is 43.8 Å². The van der Waals surface area contributed by atoms with Crippen molar-refractivity contribution in [3.05, 3.63) is 54.4 Å². The zero-order valence-electron chi connectivity index (χ0n) is 10.2. The lowest BCUT2D eigenvalue weighted by Gasteiger charge is -2.13. The summed E-state index contributed by atoms with van der Waals surface area (Å²) in [6.45, 7) is 0. The third kappa shape index (κ3) is 1.99. The molecule has 3 nitrogen and oxygen atoms in total. The molecule has 0 aliphatic heterocycles. The molecule has 0 aliphatic rings. The van der Waals surface area contributed by atoms with Crippen LogP contribution in [-0.2, 0) is 6.18 Å². The van der Waals surface area contributed by atoms with Crippen LogP contribution < -0.4 is 5.73 Å². The van der Waals surface area contributed by atoms with Gasteiger partial charge in [0.15, 0.2) is 0 Å². The van der Waals surface area contributed by atoms with Gasteiger partial charge in [-0.2, -0.15) is 13.2 Å². The highest BCUT2D eigenvalue weighted by Gasteiger charge is 2.33. The fourth-order valence-corrected chi connectivity index (χ4v) is 2.15. The van der Waals surface area contributed by atoms with Crippen LogP contribution in [0.2, 0.25) is 0 Å². The summed E-state index contributed by atoms with van der Waals surface area (Å²) in [5, 5.41) is 0. The number of benzene rings is 2. The molecule has 6 heteroatoms. The Hall–Kier alpha value is -2.50. The summed E-state index contributed by atoms with van der Waals surface area (Å²) in [5.41, 5.74) is 6.65. The van der Waals surface area contributed by atoms with Crippen molar-refractivity contribution in [1.29, 1.82) is 0 Å². The van der Waals surface area contributed by atoms with Crippen molar-refractivity contribution in [2.24, 2.45) is 0 Å². The predicted octanol–water partition coefficient (Wildman–Crippen LogP) is 3.63. The minimum atomic E-state index is -4.42. The summed E-state index contributed by atoms with van der Waals surface area (Å²) in [5.74, 6) is 0. The maximum Gasteiger partial charge on any atom is 0.418 e. The molecule has 3 aromatic rings. The summed E-state index contributed by atoms with van der Waals surface area (Å²) in [6, 6.07) is 10.3. The van der Waals surface area contributed by atoms with Gasteiger partial charge in [0, 0.05) is 5.69 Å². The maximum atomic E-state index is 13.1. The summed E-state index contributed by atoms with van der Waals surface area (Å²) < 4.78 is 40.6. The van der Waals surface area contributed by atoms with E-state index in [4.69, 9.17) is 5.73 Å². The van der Waals surface area contributed by atoms with Gasteiger partial charge in [-0.3, -0.25) is 4.57 Å². The van der Waals surface area contributed by atoms with Crippen LogP contribution in [0.3, 0.4) is 0 Å². The van der Waals surface area contributed by atoms with Crippen LogP contribution in [0.15, 0.2) is 48.8 Å². The Balaban J connectivity index is 2.27. The van der Waals surface area contributed by atoms with Crippen LogP contribution in [0.1, 0.15) is 5.56 Å². The van der Waals surface area contributed by atoms with Crippen LogP contribution in [-0.4, -0.2) is 9.55 Å². The van der Waals surface area contributed by atoms with E-state index in [0.29, 0.717) is 16.7 Å². The molecule has 20 heavy (non-hydrogen) atoms. The van der Waals surface area contributed by atoms with E-state index < -0.39 is 11.7 Å². The molecule has 0 spiro atoms. The van der Waals surface area contributed by atoms with Gasteiger partial charge in [0.05, 0.1) is 22.3 Å². The van der Waals surface area contributed by atoms with Gasteiger partial charge in [-0.25, -0.2) is 4.98 Å². The largest absolute Gasteiger partial charge is 0.418 e. The van der Waals surface area contributed by atoms with Gasteiger partial charge in [0.1, 0.15) is 6.33 Å². The Kier molecular flexibility index (Phi) is 2.67. The Morgan fingerprint density at radius 1 is 1.05 bits per heavy atom. The third-order valence-corrected chi connectivity index (χ3v) is 3.04. The van der Waals surface area contributed by atoms with Crippen LogP contribution in [0, 0.1) is 0 Å². The number of rotatable bonds is 1. The standard InChI is InChI=1S/C14H10F3N3/c15-14(16,17)10-3-1-2-4-12(10)20-8-19-11-7-9(18)5-6-13(11)20/h1-8H,18H2. The van der Waals surface area contributed by atoms with Gasteiger partial charge in [-0.15, -0.1) is 0 Å². The molecule has 0 bridgehead atoms. The fourth-order valence-electron chi connectivity index (χ4n) is 2.15. The maximum absolute atomic E-state index is 13.1. The van der Waals surface area contributed by atoms with Crippen molar-refractivity contribution in [1.82, 2.24) is 9.55 Å². The smallest absolute Gasteiger partial charge is 0.399 e. The van der Waals surface area contributed by atoms with E-state index in [2.05, 4.69) is 4.98 Å². The highest BCUT2D eigenvalue weighted by molar-refractivity contribution is 5.81. The molecule has 1 heterocycles. The first-order chi connectivity index (χ1) is 9.47. The number of imidazole rings is 1. The first-order valence-electron chi connectivity index (χ1n) is 5.86. The molecule has 1 aromatic heterocycles. The molecule has 0 unspecified atom stereocenters. The number of halogens is 3. The van der Waals surface area contributed by atoms with E-state index in [9.17, 15) is 13.2 Å². The number of hydrogen-bond acceptors (Lipinski definition) is 2. The highest BCUT2D eigenvalue weighted by atomic mass is 19.4. The number of anilines is 1. The lowest BCUT2D eigenvalue weighted by molar-refractivity contribution is -0.137. The average Bonchev–Trinajstić information content (AvgIpc) is 2.80. The van der Waals surface area contributed by atoms with E-state index in [1.165, 1.54) is 23.0 Å². The number of para-hydroxylation sites is 1. The van der Waals surface area contributed by atoms with Gasteiger partial charge in [-0.1, -0.05) is 12.1 Å². The van der Waals surface area contributed by atoms with E-state index in [1.54, 1.807) is 24.3 Å². The number of fused-ring (bicyclic) bond motifs is 1. The summed E-state index contributed by atoms with van der Waals surface area (Å²) >= 11 is 0. The monoisotopic (exact) mass is 277 g/mol. The first kappa shape index (κ1) is 12.5. The van der Waals surface area contributed by atoms with Crippen LogP contribution in [0.5, 0.6) is 0 Å². The molecule has 2 aromatic carbocycles. The second-order valence-electron chi connectivity index (χ2n) is 4.38. The molecule has 0 fully saturated rings. The Morgan fingerprint density at radius 2 is 1.80 bits per heavy atom. The molecule has 102 valence electrons. The zero-order valence-corrected chi connectivity index (χ0v) is 10.2. The molecule has 0 saturated carbocycles. The fraction of sp³-hybridized carbons (Fsp3) is 0.0714. The van der Waals surface area contributed by atoms with Crippen LogP contribution >= 0.6 is 0 Å². The zero-order chi connectivity index (χ0) is 14.3. The van der Waals surface area contributed by atoms with Crippen molar-refractivity contribution in [3.8, 4) is 5.69 Å². The van der Waals surface area contributed by atoms with E-state index in [0.717, 1.165) is 6.07 Å². The van der Waals surface area contributed by atoms with Gasteiger partial charge >= 0.3 is 6.18 Å². The minimum absolute atomic E-state index is 0.0484. The molecule has 0 amide bonds. The van der Waals surface area contributed by atoms with E-state index >= 15 is 0 Å². The molecule has 2 N–H and O–H groups in total. The quantitative estimate of drug-likeness (QED) is 0.690. The van der Waals surface area contributed by atoms with Crippen LogP contribution in [0.25, 0.3) is 16.7 Å². The second kappa shape index (κ2) is 4.26. The molecule has 0 radical (unpaired) electrons. The molecule has 0 atom stereocenters. The minimum Gasteiger partial charge on any atom is -0.399 e. The number of alkyl halides is 3. The summed E-state index contributed by atoms with van der Waals surface area (Å²) in [4.78, 5) is 4.09. The predicted molar refractivity (Wildman–Crippen MR) is 70.5 cm³/mol. The van der Waals surface area contributed by atoms with Crippen molar-refractivity contribution >= 4 is 16.7 Å². The average molecular weight is 277 g/mol. The van der Waals surface area contributed by atoms with E-state index in [-0.39, 0.29) is 5.69 Å². The van der Waals surface area contributed by atoms with Crippen LogP contribution in [0.4, 0.5) is 18.9 Å². The van der Waals surface area contributed by atoms with Gasteiger partial charge in [-0.05, 0) is 30.3 Å². The Bertz CT molecular complexity index is 775. The Morgan fingerprint density at radius 3 is 2.55 bits per heavy atom.